The van der Waals surface area contributed by atoms with Crippen molar-refractivity contribution in [2.75, 3.05) is 36.9 Å². The first-order chi connectivity index (χ1) is 21.0. The molecule has 4 aromatic carbocycles. The number of para-hydroxylation sites is 1. The largest absolute Gasteiger partial charge is 0.493 e. The predicted octanol–water partition coefficient (Wildman–Crippen LogP) is 5.78. The third-order valence-corrected chi connectivity index (χ3v) is 9.13. The number of halogens is 1. The molecule has 0 heterocycles. The normalized spacial score (nSPS) is 11.0. The van der Waals surface area contributed by atoms with Crippen LogP contribution in [0.25, 0.3) is 0 Å². The lowest BCUT2D eigenvalue weighted by atomic mass is 10.1. The molecule has 0 fully saturated rings. The fourth-order valence-electron chi connectivity index (χ4n) is 4.45. The molecule has 2 amide bonds. The maximum atomic E-state index is 13.7. The van der Waals surface area contributed by atoms with Crippen molar-refractivity contribution in [2.24, 2.45) is 0 Å². The number of carbonyl (C=O) groups excluding carboxylic acids is 2. The van der Waals surface area contributed by atoms with E-state index in [0.717, 1.165) is 21.0 Å². The number of hydrogen-bond acceptors (Lipinski definition) is 6. The molecule has 230 valence electrons. The molecule has 4 rings (SSSR count). The van der Waals surface area contributed by atoms with Gasteiger partial charge in [-0.1, -0.05) is 53.6 Å². The number of nitrogens with zero attached hydrogens (tertiary/aromatic N) is 1. The molecule has 0 spiro atoms. The molecule has 0 unspecified atom stereocenters. The van der Waals surface area contributed by atoms with E-state index in [1.165, 1.54) is 18.2 Å². The van der Waals surface area contributed by atoms with E-state index in [1.807, 2.05) is 19.1 Å². The van der Waals surface area contributed by atoms with E-state index >= 15 is 0 Å². The van der Waals surface area contributed by atoms with Crippen LogP contribution in [0.1, 0.15) is 27.0 Å². The number of carbonyl (C=O) groups is 2. The van der Waals surface area contributed by atoms with E-state index in [9.17, 15) is 18.0 Å². The van der Waals surface area contributed by atoms with Crippen LogP contribution in [0.2, 0.25) is 5.02 Å². The Morgan fingerprint density at radius 2 is 1.57 bits per heavy atom. The van der Waals surface area contributed by atoms with Gasteiger partial charge in [0.1, 0.15) is 6.54 Å². The number of sulfonamides is 1. The number of aryl methyl sites for hydroxylation is 2. The van der Waals surface area contributed by atoms with Gasteiger partial charge in [-0.3, -0.25) is 13.9 Å². The third kappa shape index (κ3) is 7.69. The molecule has 2 N–H and O–H groups in total. The highest BCUT2D eigenvalue weighted by Gasteiger charge is 2.28. The zero-order valence-electron chi connectivity index (χ0n) is 24.9. The summed E-state index contributed by atoms with van der Waals surface area (Å²) >= 11 is 6.33. The lowest BCUT2D eigenvalue weighted by Gasteiger charge is -2.25. The number of methoxy groups -OCH3 is 2. The molecule has 0 aliphatic heterocycles. The highest BCUT2D eigenvalue weighted by Crippen LogP contribution is 2.29. The number of nitrogens with one attached hydrogen (secondary N) is 2. The van der Waals surface area contributed by atoms with Gasteiger partial charge < -0.3 is 20.1 Å². The van der Waals surface area contributed by atoms with Gasteiger partial charge in [-0.25, -0.2) is 8.42 Å². The van der Waals surface area contributed by atoms with Gasteiger partial charge in [0.05, 0.1) is 36.1 Å². The molecular weight excluding hydrogens is 602 g/mol. The summed E-state index contributed by atoms with van der Waals surface area (Å²) in [6, 6.07) is 23.2. The molecule has 0 saturated heterocycles. The van der Waals surface area contributed by atoms with Gasteiger partial charge in [-0.15, -0.1) is 0 Å². The van der Waals surface area contributed by atoms with E-state index in [-0.39, 0.29) is 21.8 Å². The molecule has 44 heavy (non-hydrogen) atoms. The van der Waals surface area contributed by atoms with E-state index in [4.69, 9.17) is 21.1 Å². The zero-order chi connectivity index (χ0) is 31.9. The van der Waals surface area contributed by atoms with Crippen molar-refractivity contribution >= 4 is 44.8 Å². The lowest BCUT2D eigenvalue weighted by Crippen LogP contribution is -2.38. The van der Waals surface area contributed by atoms with Crippen LogP contribution in [0.3, 0.4) is 0 Å². The molecule has 0 aromatic heterocycles. The minimum Gasteiger partial charge on any atom is -0.493 e. The molecular formula is C33H34ClN3O6S. The Hall–Kier alpha value is -4.54. The molecule has 0 bridgehead atoms. The fraction of sp³-hybridized carbons (Fsp3) is 0.212. The summed E-state index contributed by atoms with van der Waals surface area (Å²) in [5.41, 5.74) is 3.31. The van der Waals surface area contributed by atoms with Crippen LogP contribution in [-0.4, -0.2) is 47.5 Å². The summed E-state index contributed by atoms with van der Waals surface area (Å²) in [4.78, 5) is 26.5. The Kier molecular flexibility index (Phi) is 10.5. The standard InChI is InChI=1S/C33H34ClN3O6S/c1-22-9-14-26(15-10-22)44(40,41)37(25-13-11-23(2)28(34)20-25)21-32(38)36-29-8-6-5-7-27(29)33(39)35-18-17-24-12-16-30(42-3)31(19-24)43-4/h5-16,19-20H,17-18,21H2,1-4H3,(H,35,39)(H,36,38). The number of hydrogen-bond donors (Lipinski definition) is 2. The Bertz CT molecular complexity index is 1760. The van der Waals surface area contributed by atoms with Gasteiger partial charge in [0.2, 0.25) is 5.91 Å². The average molecular weight is 636 g/mol. The van der Waals surface area contributed by atoms with Crippen LogP contribution in [0.4, 0.5) is 11.4 Å². The number of benzene rings is 4. The van der Waals surface area contributed by atoms with Crippen molar-refractivity contribution in [3.63, 3.8) is 0 Å². The zero-order valence-corrected chi connectivity index (χ0v) is 26.5. The summed E-state index contributed by atoms with van der Waals surface area (Å²) in [7, 11) is -1.03. The number of ether oxygens (including phenoxy) is 2. The van der Waals surface area contributed by atoms with Gasteiger partial charge in [-0.2, -0.15) is 0 Å². The molecule has 0 atom stereocenters. The van der Waals surface area contributed by atoms with Crippen molar-refractivity contribution < 1.29 is 27.5 Å². The van der Waals surface area contributed by atoms with Crippen LogP contribution in [0.15, 0.2) is 89.8 Å². The highest BCUT2D eigenvalue weighted by atomic mass is 35.5. The molecule has 0 aliphatic rings. The maximum absolute atomic E-state index is 13.7. The Morgan fingerprint density at radius 1 is 0.864 bits per heavy atom. The van der Waals surface area contributed by atoms with E-state index in [2.05, 4.69) is 10.6 Å². The summed E-state index contributed by atoms with van der Waals surface area (Å²) in [5.74, 6) is 0.176. The fourth-order valence-corrected chi connectivity index (χ4v) is 6.04. The second-order valence-corrected chi connectivity index (χ2v) is 12.3. The van der Waals surface area contributed by atoms with Crippen LogP contribution in [0.5, 0.6) is 11.5 Å². The van der Waals surface area contributed by atoms with Crippen LogP contribution < -0.4 is 24.4 Å². The van der Waals surface area contributed by atoms with Gasteiger partial charge >= 0.3 is 0 Å². The van der Waals surface area contributed by atoms with E-state index in [1.54, 1.807) is 75.7 Å². The molecule has 0 radical (unpaired) electrons. The SMILES string of the molecule is COc1ccc(CCNC(=O)c2ccccc2NC(=O)CN(c2ccc(C)c(Cl)c2)S(=O)(=O)c2ccc(C)cc2)cc1OC. The second kappa shape index (κ2) is 14.3. The van der Waals surface area contributed by atoms with Crippen molar-refractivity contribution in [1.82, 2.24) is 5.32 Å². The van der Waals surface area contributed by atoms with Crippen molar-refractivity contribution in [3.8, 4) is 11.5 Å². The average Bonchev–Trinajstić information content (AvgIpc) is 3.01. The van der Waals surface area contributed by atoms with Crippen LogP contribution in [0, 0.1) is 13.8 Å². The van der Waals surface area contributed by atoms with Crippen LogP contribution in [-0.2, 0) is 21.2 Å². The van der Waals surface area contributed by atoms with E-state index in [0.29, 0.717) is 29.5 Å². The predicted molar refractivity (Wildman–Crippen MR) is 173 cm³/mol. The summed E-state index contributed by atoms with van der Waals surface area (Å²) in [6.07, 6.45) is 0.533. The Morgan fingerprint density at radius 3 is 2.25 bits per heavy atom. The molecule has 4 aromatic rings. The number of anilines is 2. The monoisotopic (exact) mass is 635 g/mol. The summed E-state index contributed by atoms with van der Waals surface area (Å²) < 4.78 is 39.1. The number of rotatable bonds is 12. The highest BCUT2D eigenvalue weighted by molar-refractivity contribution is 7.92. The van der Waals surface area contributed by atoms with Crippen molar-refractivity contribution in [1.29, 1.82) is 0 Å². The van der Waals surface area contributed by atoms with Crippen molar-refractivity contribution in [2.45, 2.75) is 25.2 Å². The first-order valence-corrected chi connectivity index (χ1v) is 15.6. The van der Waals surface area contributed by atoms with Crippen LogP contribution >= 0.6 is 11.6 Å². The minimum atomic E-state index is -4.14. The van der Waals surface area contributed by atoms with Gasteiger partial charge in [0.15, 0.2) is 11.5 Å². The summed E-state index contributed by atoms with van der Waals surface area (Å²) in [6.45, 7) is 3.43. The molecule has 9 nitrogen and oxygen atoms in total. The first-order valence-electron chi connectivity index (χ1n) is 13.8. The molecule has 0 saturated carbocycles. The smallest absolute Gasteiger partial charge is 0.264 e. The van der Waals surface area contributed by atoms with E-state index < -0.39 is 28.4 Å². The van der Waals surface area contributed by atoms with Gasteiger partial charge in [0.25, 0.3) is 15.9 Å². The minimum absolute atomic E-state index is 0.0295. The Labute approximate surface area is 262 Å². The topological polar surface area (TPSA) is 114 Å². The lowest BCUT2D eigenvalue weighted by molar-refractivity contribution is -0.114. The molecule has 0 aliphatic carbocycles. The summed E-state index contributed by atoms with van der Waals surface area (Å²) in [5, 5.41) is 5.95. The quantitative estimate of drug-likeness (QED) is 0.204. The van der Waals surface area contributed by atoms with Gasteiger partial charge in [-0.05, 0) is 79.9 Å². The Balaban J connectivity index is 1.51. The maximum Gasteiger partial charge on any atom is 0.264 e. The van der Waals surface area contributed by atoms with Gasteiger partial charge in [0, 0.05) is 11.6 Å². The first kappa shape index (κ1) is 32.4. The van der Waals surface area contributed by atoms with Crippen molar-refractivity contribution in [3.05, 3.63) is 112 Å². The molecule has 11 heteroatoms. The second-order valence-electron chi connectivity index (χ2n) is 10.0. The third-order valence-electron chi connectivity index (χ3n) is 6.93. The number of amides is 2.